The molecule has 0 aromatic heterocycles. The normalized spacial score (nSPS) is 22.7. The Morgan fingerprint density at radius 3 is 3.06 bits per heavy atom. The Morgan fingerprint density at radius 1 is 1.41 bits per heavy atom. The van der Waals surface area contributed by atoms with Crippen LogP contribution in [0.1, 0.15) is 41.3 Å². The van der Waals surface area contributed by atoms with Gasteiger partial charge in [0.05, 0.1) is 11.6 Å². The Bertz CT molecular complexity index is 493. The molecule has 0 N–H and O–H groups in total. The van der Waals surface area contributed by atoms with E-state index in [4.69, 9.17) is 16.3 Å². The van der Waals surface area contributed by atoms with Crippen LogP contribution in [0.15, 0.2) is 6.07 Å². The molecule has 0 saturated carbocycles. The van der Waals surface area contributed by atoms with Crippen LogP contribution in [-0.2, 0) is 12.8 Å². The van der Waals surface area contributed by atoms with E-state index in [-0.39, 0.29) is 5.78 Å². The molecule has 1 unspecified atom stereocenters. The molecule has 0 fully saturated rings. The van der Waals surface area contributed by atoms with Gasteiger partial charge in [0.25, 0.3) is 0 Å². The number of rotatable bonds is 0. The fourth-order valence-electron chi connectivity index (χ4n) is 2.82. The summed E-state index contributed by atoms with van der Waals surface area (Å²) >= 11 is 6.26. The first kappa shape index (κ1) is 11.1. The minimum atomic E-state index is 0.174. The summed E-state index contributed by atoms with van der Waals surface area (Å²) in [5, 5.41) is 0.614. The second kappa shape index (κ2) is 4.02. The van der Waals surface area contributed by atoms with Gasteiger partial charge in [0.2, 0.25) is 0 Å². The van der Waals surface area contributed by atoms with Crippen molar-refractivity contribution in [3.63, 3.8) is 0 Å². The van der Waals surface area contributed by atoms with Crippen LogP contribution in [0.3, 0.4) is 0 Å². The molecule has 1 aliphatic carbocycles. The standard InChI is InChI=1S/C14H15ClO2/c1-8-2-3-10-13(12(16)6-8)11(15)7-9-4-5-17-14(9)10/h7-8H,2-6H2,1H3. The van der Waals surface area contributed by atoms with Crippen molar-refractivity contribution in [3.8, 4) is 5.75 Å². The Labute approximate surface area is 106 Å². The zero-order chi connectivity index (χ0) is 12.0. The summed E-state index contributed by atoms with van der Waals surface area (Å²) in [5.41, 5.74) is 2.94. The number of carbonyl (C=O) groups is 1. The van der Waals surface area contributed by atoms with Crippen molar-refractivity contribution in [2.45, 2.75) is 32.6 Å². The molecule has 0 radical (unpaired) electrons. The highest BCUT2D eigenvalue weighted by atomic mass is 35.5. The summed E-state index contributed by atoms with van der Waals surface area (Å²) in [4.78, 5) is 12.2. The van der Waals surface area contributed by atoms with Crippen molar-refractivity contribution in [3.05, 3.63) is 27.8 Å². The molecule has 17 heavy (non-hydrogen) atoms. The van der Waals surface area contributed by atoms with E-state index in [0.717, 1.165) is 41.7 Å². The zero-order valence-corrected chi connectivity index (χ0v) is 10.6. The zero-order valence-electron chi connectivity index (χ0n) is 9.88. The molecule has 2 aliphatic rings. The van der Waals surface area contributed by atoms with E-state index in [0.29, 0.717) is 24.0 Å². The molecule has 90 valence electrons. The van der Waals surface area contributed by atoms with Gasteiger partial charge in [-0.3, -0.25) is 4.79 Å². The third kappa shape index (κ3) is 1.75. The lowest BCUT2D eigenvalue weighted by molar-refractivity contribution is 0.0967. The van der Waals surface area contributed by atoms with Crippen LogP contribution in [0.5, 0.6) is 5.75 Å². The lowest BCUT2D eigenvalue weighted by Gasteiger charge is -2.12. The molecule has 0 bridgehead atoms. The molecular weight excluding hydrogens is 236 g/mol. The van der Waals surface area contributed by atoms with Crippen molar-refractivity contribution in [1.29, 1.82) is 0 Å². The van der Waals surface area contributed by atoms with E-state index in [2.05, 4.69) is 6.92 Å². The summed E-state index contributed by atoms with van der Waals surface area (Å²) in [6, 6.07) is 1.91. The van der Waals surface area contributed by atoms with E-state index < -0.39 is 0 Å². The first-order valence-electron chi connectivity index (χ1n) is 6.17. The monoisotopic (exact) mass is 250 g/mol. The topological polar surface area (TPSA) is 26.3 Å². The van der Waals surface area contributed by atoms with Crippen molar-refractivity contribution >= 4 is 17.4 Å². The van der Waals surface area contributed by atoms with Crippen LogP contribution in [-0.4, -0.2) is 12.4 Å². The van der Waals surface area contributed by atoms with E-state index >= 15 is 0 Å². The first-order chi connectivity index (χ1) is 8.16. The molecule has 2 nitrogen and oxygen atoms in total. The highest BCUT2D eigenvalue weighted by molar-refractivity contribution is 6.34. The molecule has 1 heterocycles. The molecule has 1 aromatic rings. The summed E-state index contributed by atoms with van der Waals surface area (Å²) in [5.74, 6) is 1.54. The average molecular weight is 251 g/mol. The lowest BCUT2D eigenvalue weighted by Crippen LogP contribution is -2.05. The number of Topliss-reactive ketones (excluding diaryl/α,β-unsaturated/α-hetero) is 1. The lowest BCUT2D eigenvalue weighted by atomic mass is 9.97. The van der Waals surface area contributed by atoms with Gasteiger partial charge in [-0.25, -0.2) is 0 Å². The maximum absolute atomic E-state index is 12.2. The van der Waals surface area contributed by atoms with Gasteiger partial charge in [-0.15, -0.1) is 0 Å². The van der Waals surface area contributed by atoms with Crippen molar-refractivity contribution in [2.75, 3.05) is 6.61 Å². The van der Waals surface area contributed by atoms with Crippen molar-refractivity contribution < 1.29 is 9.53 Å². The van der Waals surface area contributed by atoms with Gasteiger partial charge in [0.1, 0.15) is 5.75 Å². The van der Waals surface area contributed by atoms with Crippen LogP contribution >= 0.6 is 11.6 Å². The highest BCUT2D eigenvalue weighted by Gasteiger charge is 2.28. The number of benzene rings is 1. The van der Waals surface area contributed by atoms with Gasteiger partial charge in [-0.2, -0.15) is 0 Å². The van der Waals surface area contributed by atoms with Crippen molar-refractivity contribution in [1.82, 2.24) is 0 Å². The molecule has 0 spiro atoms. The number of ketones is 1. The smallest absolute Gasteiger partial charge is 0.165 e. The molecule has 3 heteroatoms. The van der Waals surface area contributed by atoms with Crippen LogP contribution in [0.25, 0.3) is 0 Å². The Hall–Kier alpha value is -1.02. The first-order valence-corrected chi connectivity index (χ1v) is 6.55. The number of hydrogen-bond donors (Lipinski definition) is 0. The fourth-order valence-corrected chi connectivity index (χ4v) is 3.17. The molecular formula is C14H15ClO2. The third-order valence-corrected chi connectivity index (χ3v) is 4.02. The summed E-state index contributed by atoms with van der Waals surface area (Å²) in [6.45, 7) is 2.84. The predicted octanol–water partition coefficient (Wildman–Crippen LogP) is 3.43. The van der Waals surface area contributed by atoms with E-state index in [1.54, 1.807) is 0 Å². The molecule has 1 aliphatic heterocycles. The Kier molecular flexibility index (Phi) is 2.62. The molecule has 1 atom stereocenters. The quantitative estimate of drug-likeness (QED) is 0.660. The Morgan fingerprint density at radius 2 is 2.24 bits per heavy atom. The van der Waals surface area contributed by atoms with E-state index in [1.165, 1.54) is 0 Å². The number of halogens is 1. The maximum Gasteiger partial charge on any atom is 0.165 e. The minimum absolute atomic E-state index is 0.174. The summed E-state index contributed by atoms with van der Waals surface area (Å²) in [7, 11) is 0. The third-order valence-electron chi connectivity index (χ3n) is 3.72. The SMILES string of the molecule is CC1CCc2c3c(cc(Cl)c2C(=O)C1)CCO3. The van der Waals surface area contributed by atoms with Crippen LogP contribution in [0, 0.1) is 5.92 Å². The molecule has 3 rings (SSSR count). The minimum Gasteiger partial charge on any atom is -0.493 e. The van der Waals surface area contributed by atoms with Crippen LogP contribution < -0.4 is 4.74 Å². The number of ether oxygens (including phenoxy) is 1. The van der Waals surface area contributed by atoms with Gasteiger partial charge in [-0.05, 0) is 30.4 Å². The second-order valence-electron chi connectivity index (χ2n) is 5.07. The Balaban J connectivity index is 2.20. The maximum atomic E-state index is 12.2. The van der Waals surface area contributed by atoms with Gasteiger partial charge >= 0.3 is 0 Å². The number of carbonyl (C=O) groups excluding carboxylic acids is 1. The van der Waals surface area contributed by atoms with Crippen LogP contribution in [0.2, 0.25) is 5.02 Å². The largest absolute Gasteiger partial charge is 0.493 e. The highest BCUT2D eigenvalue weighted by Crippen LogP contribution is 2.40. The van der Waals surface area contributed by atoms with E-state index in [9.17, 15) is 4.79 Å². The molecule has 0 saturated heterocycles. The van der Waals surface area contributed by atoms with Gasteiger partial charge < -0.3 is 4.74 Å². The fraction of sp³-hybridized carbons (Fsp3) is 0.500. The van der Waals surface area contributed by atoms with Crippen LogP contribution in [0.4, 0.5) is 0 Å². The second-order valence-corrected chi connectivity index (χ2v) is 5.48. The predicted molar refractivity (Wildman–Crippen MR) is 67.1 cm³/mol. The molecule has 0 amide bonds. The summed E-state index contributed by atoms with van der Waals surface area (Å²) < 4.78 is 5.68. The van der Waals surface area contributed by atoms with Gasteiger partial charge in [0.15, 0.2) is 5.78 Å². The number of hydrogen-bond acceptors (Lipinski definition) is 2. The van der Waals surface area contributed by atoms with Gasteiger partial charge in [0, 0.05) is 24.0 Å². The average Bonchev–Trinajstić information content (AvgIpc) is 2.66. The summed E-state index contributed by atoms with van der Waals surface area (Å²) in [6.07, 6.45) is 3.46. The van der Waals surface area contributed by atoms with Crippen molar-refractivity contribution in [2.24, 2.45) is 5.92 Å². The van der Waals surface area contributed by atoms with Gasteiger partial charge in [-0.1, -0.05) is 18.5 Å². The molecule has 1 aromatic carbocycles. The number of fused-ring (bicyclic) bond motifs is 3. The van der Waals surface area contributed by atoms with E-state index in [1.807, 2.05) is 6.07 Å².